The number of fused-ring (bicyclic) bond motifs is 3. The van der Waals surface area contributed by atoms with Gasteiger partial charge in [-0.25, -0.2) is 0 Å². The average Bonchev–Trinajstić information content (AvgIpc) is 3.22. The molecule has 0 amide bonds. The van der Waals surface area contributed by atoms with Crippen molar-refractivity contribution in [3.05, 3.63) is 70.5 Å². The summed E-state index contributed by atoms with van der Waals surface area (Å²) in [6.07, 6.45) is 1.60. The summed E-state index contributed by atoms with van der Waals surface area (Å²) in [5.74, 6) is 0.964. The van der Waals surface area contributed by atoms with E-state index in [1.165, 1.54) is 34.5 Å². The fourth-order valence-corrected chi connectivity index (χ4v) is 4.68. The van der Waals surface area contributed by atoms with Crippen LogP contribution < -0.4 is 28.4 Å². The number of allylic oxidation sites excluding steroid dienone is 1. The van der Waals surface area contributed by atoms with Crippen LogP contribution in [0.2, 0.25) is 0 Å². The number of rotatable bonds is 6. The number of methoxy groups -OCH3 is 4. The van der Waals surface area contributed by atoms with E-state index in [4.69, 9.17) is 28.4 Å². The zero-order valence-corrected chi connectivity index (χ0v) is 20.6. The molecule has 2 aliphatic heterocycles. The Hall–Kier alpha value is -4.66. The van der Waals surface area contributed by atoms with Gasteiger partial charge in [0.2, 0.25) is 11.5 Å². The third kappa shape index (κ3) is 3.98. The van der Waals surface area contributed by atoms with Gasteiger partial charge in [-0.1, -0.05) is 6.07 Å². The molecule has 3 aromatic carbocycles. The number of hydrogen-bond acceptors (Lipinski definition) is 9. The quantitative estimate of drug-likeness (QED) is 0.295. The first-order valence-electron chi connectivity index (χ1n) is 11.4. The first-order valence-corrected chi connectivity index (χ1v) is 11.4. The van der Waals surface area contributed by atoms with Crippen LogP contribution in [0.15, 0.2) is 48.2 Å². The fraction of sp³-hybridized carbons (Fsp3) is 0.214. The van der Waals surface area contributed by atoms with Gasteiger partial charge in [-0.15, -0.1) is 0 Å². The van der Waals surface area contributed by atoms with Crippen molar-refractivity contribution in [1.29, 1.82) is 0 Å². The number of ether oxygens (including phenoxy) is 6. The molecule has 0 radical (unpaired) electrons. The number of hydrogen-bond donors (Lipinski definition) is 1. The minimum absolute atomic E-state index is 0.0244. The van der Waals surface area contributed by atoms with Gasteiger partial charge in [0.25, 0.3) is 0 Å². The maximum absolute atomic E-state index is 13.4. The Labute approximate surface area is 212 Å². The van der Waals surface area contributed by atoms with Crippen LogP contribution in [0, 0.1) is 0 Å². The molecule has 0 saturated carbocycles. The zero-order valence-electron chi connectivity index (χ0n) is 20.6. The van der Waals surface area contributed by atoms with Gasteiger partial charge in [0, 0.05) is 17.0 Å². The number of aromatic hydroxyl groups is 1. The topological polar surface area (TPSA) is 110 Å². The smallest absolute Gasteiger partial charge is 0.312 e. The molecule has 9 nitrogen and oxygen atoms in total. The van der Waals surface area contributed by atoms with Gasteiger partial charge in [-0.2, -0.15) is 0 Å². The second-order valence-corrected chi connectivity index (χ2v) is 8.38. The van der Waals surface area contributed by atoms with Gasteiger partial charge in [0.05, 0.1) is 40.4 Å². The highest BCUT2D eigenvalue weighted by molar-refractivity contribution is 6.15. The molecule has 1 unspecified atom stereocenters. The van der Waals surface area contributed by atoms with Crippen LogP contribution in [0.25, 0.3) is 6.08 Å². The number of esters is 1. The number of carbonyl (C=O) groups is 2. The monoisotopic (exact) mass is 504 g/mol. The molecule has 9 heteroatoms. The van der Waals surface area contributed by atoms with Crippen LogP contribution in [0.1, 0.15) is 39.4 Å². The first kappa shape index (κ1) is 24.1. The lowest BCUT2D eigenvalue weighted by atomic mass is 9.84. The molecule has 2 heterocycles. The lowest BCUT2D eigenvalue weighted by molar-refractivity contribution is -0.135. The molecule has 1 atom stereocenters. The summed E-state index contributed by atoms with van der Waals surface area (Å²) in [7, 11) is 5.95. The first-order chi connectivity index (χ1) is 17.9. The highest BCUT2D eigenvalue weighted by Gasteiger charge is 2.39. The zero-order chi connectivity index (χ0) is 26.3. The Bertz CT molecular complexity index is 1450. The van der Waals surface area contributed by atoms with Crippen molar-refractivity contribution in [2.24, 2.45) is 0 Å². The maximum atomic E-state index is 13.4. The molecule has 190 valence electrons. The van der Waals surface area contributed by atoms with Crippen LogP contribution in [-0.4, -0.2) is 45.3 Å². The van der Waals surface area contributed by atoms with Crippen molar-refractivity contribution in [3.63, 3.8) is 0 Å². The Morgan fingerprint density at radius 1 is 0.865 bits per heavy atom. The van der Waals surface area contributed by atoms with Gasteiger partial charge in [-0.05, 0) is 48.0 Å². The molecule has 0 spiro atoms. The van der Waals surface area contributed by atoms with Gasteiger partial charge in [0.1, 0.15) is 11.5 Å². The predicted octanol–water partition coefficient (Wildman–Crippen LogP) is 4.48. The summed E-state index contributed by atoms with van der Waals surface area (Å²) in [6, 6.07) is 11.5. The van der Waals surface area contributed by atoms with E-state index in [0.29, 0.717) is 51.0 Å². The molecule has 0 saturated heterocycles. The SMILES string of the molecule is COc1cc(C2CC(=O)Oc3ccc4c(c32)OC(=Cc2ccc(OC)c(OC)c2OC)C4=O)ccc1O. The van der Waals surface area contributed by atoms with Crippen molar-refractivity contribution in [3.8, 4) is 40.2 Å². The van der Waals surface area contributed by atoms with E-state index in [-0.39, 0.29) is 29.5 Å². The molecular weight excluding hydrogens is 480 g/mol. The number of ketones is 1. The van der Waals surface area contributed by atoms with Gasteiger partial charge in [-0.3, -0.25) is 9.59 Å². The lowest BCUT2D eigenvalue weighted by Crippen LogP contribution is -2.21. The molecule has 0 bridgehead atoms. The van der Waals surface area contributed by atoms with Crippen LogP contribution in [0.3, 0.4) is 0 Å². The van der Waals surface area contributed by atoms with Crippen LogP contribution in [-0.2, 0) is 4.79 Å². The summed E-state index contributed by atoms with van der Waals surface area (Å²) in [5, 5.41) is 10.0. The number of Topliss-reactive ketones (excluding diaryl/α,β-unsaturated/α-hetero) is 1. The Balaban J connectivity index is 1.61. The summed E-state index contributed by atoms with van der Waals surface area (Å²) < 4.78 is 33.2. The molecule has 5 rings (SSSR count). The standard InChI is InChI=1S/C28H24O9/c1-32-20-9-6-15(26(34-3)28(20)35-4)12-22-25(31)16-7-10-19-24(27(16)37-22)17(13-23(30)36-19)14-5-8-18(29)21(11-14)33-2/h5-12,17,29H,13H2,1-4H3. The normalized spacial score (nSPS) is 17.0. The molecule has 0 aromatic heterocycles. The Morgan fingerprint density at radius 2 is 1.62 bits per heavy atom. The van der Waals surface area contributed by atoms with E-state index < -0.39 is 11.9 Å². The number of phenols is 1. The predicted molar refractivity (Wildman–Crippen MR) is 132 cm³/mol. The Kier molecular flexibility index (Phi) is 6.12. The summed E-state index contributed by atoms with van der Waals surface area (Å²) in [4.78, 5) is 25.8. The van der Waals surface area contributed by atoms with E-state index >= 15 is 0 Å². The number of carbonyl (C=O) groups excluding carboxylic acids is 2. The summed E-state index contributed by atoms with van der Waals surface area (Å²) in [6.45, 7) is 0. The third-order valence-corrected chi connectivity index (χ3v) is 6.41. The minimum Gasteiger partial charge on any atom is -0.504 e. The summed E-state index contributed by atoms with van der Waals surface area (Å²) >= 11 is 0. The minimum atomic E-state index is -0.483. The van der Waals surface area contributed by atoms with E-state index in [1.807, 2.05) is 0 Å². The van der Waals surface area contributed by atoms with E-state index in [9.17, 15) is 14.7 Å². The molecule has 0 aliphatic carbocycles. The number of phenolic OH excluding ortho intramolecular Hbond substituents is 1. The molecule has 1 N–H and O–H groups in total. The van der Waals surface area contributed by atoms with Crippen molar-refractivity contribution in [2.75, 3.05) is 28.4 Å². The highest BCUT2D eigenvalue weighted by Crippen LogP contribution is 2.50. The molecular formula is C28H24O9. The lowest BCUT2D eigenvalue weighted by Gasteiger charge is -2.26. The van der Waals surface area contributed by atoms with Crippen molar-refractivity contribution >= 4 is 17.8 Å². The van der Waals surface area contributed by atoms with Crippen LogP contribution in [0.5, 0.6) is 40.2 Å². The fourth-order valence-electron chi connectivity index (χ4n) is 4.68. The second-order valence-electron chi connectivity index (χ2n) is 8.38. The molecule has 0 fully saturated rings. The summed E-state index contributed by atoms with van der Waals surface area (Å²) in [5.41, 5.74) is 2.17. The average molecular weight is 504 g/mol. The van der Waals surface area contributed by atoms with Gasteiger partial charge < -0.3 is 33.5 Å². The van der Waals surface area contributed by atoms with Crippen molar-refractivity contribution in [2.45, 2.75) is 12.3 Å². The molecule has 3 aromatic rings. The van der Waals surface area contributed by atoms with E-state index in [1.54, 1.807) is 42.5 Å². The van der Waals surface area contributed by atoms with Gasteiger partial charge in [0.15, 0.2) is 28.8 Å². The van der Waals surface area contributed by atoms with E-state index in [2.05, 4.69) is 0 Å². The second kappa shape index (κ2) is 9.42. The van der Waals surface area contributed by atoms with E-state index in [0.717, 1.165) is 0 Å². The van der Waals surface area contributed by atoms with Crippen LogP contribution in [0.4, 0.5) is 0 Å². The largest absolute Gasteiger partial charge is 0.504 e. The molecule has 37 heavy (non-hydrogen) atoms. The van der Waals surface area contributed by atoms with Crippen molar-refractivity contribution < 1.29 is 43.1 Å². The van der Waals surface area contributed by atoms with Crippen LogP contribution >= 0.6 is 0 Å². The third-order valence-electron chi connectivity index (χ3n) is 6.41. The van der Waals surface area contributed by atoms with Gasteiger partial charge >= 0.3 is 5.97 Å². The Morgan fingerprint density at radius 3 is 2.32 bits per heavy atom. The highest BCUT2D eigenvalue weighted by atomic mass is 16.5. The maximum Gasteiger partial charge on any atom is 0.312 e. The van der Waals surface area contributed by atoms with Crippen molar-refractivity contribution in [1.82, 2.24) is 0 Å². The number of benzene rings is 3. The molecule has 2 aliphatic rings.